The largest absolute Gasteiger partial charge is 0.343 e. The van der Waals surface area contributed by atoms with Crippen molar-refractivity contribution in [3.8, 4) is 0 Å². The van der Waals surface area contributed by atoms with Crippen LogP contribution < -0.4 is 10.6 Å². The number of fused-ring (bicyclic) bond motifs is 3. The van der Waals surface area contributed by atoms with Crippen molar-refractivity contribution in [2.75, 3.05) is 12.3 Å². The Morgan fingerprint density at radius 3 is 2.25 bits per heavy atom. The van der Waals surface area contributed by atoms with Crippen LogP contribution in [-0.2, 0) is 9.84 Å². The van der Waals surface area contributed by atoms with E-state index in [9.17, 15) is 13.2 Å². The molecule has 2 saturated heterocycles. The molecule has 1 unspecified atom stereocenters. The first kappa shape index (κ1) is 23.0. The van der Waals surface area contributed by atoms with Crippen LogP contribution in [0, 0.1) is 19.8 Å². The Balaban J connectivity index is 1.70. The van der Waals surface area contributed by atoms with Gasteiger partial charge in [0.05, 0.1) is 16.7 Å². The molecule has 0 aromatic heterocycles. The lowest BCUT2D eigenvalue weighted by atomic mass is 9.67. The Bertz CT molecular complexity index is 1050. The van der Waals surface area contributed by atoms with Gasteiger partial charge in [0.1, 0.15) is 0 Å². The molecule has 2 N–H and O–H groups in total. The maximum atomic E-state index is 13.5. The van der Waals surface area contributed by atoms with Crippen molar-refractivity contribution < 1.29 is 13.2 Å². The summed E-state index contributed by atoms with van der Waals surface area (Å²) in [5.41, 5.74) is 3.39. The first-order valence-corrected chi connectivity index (χ1v) is 13.4. The van der Waals surface area contributed by atoms with Gasteiger partial charge in [0, 0.05) is 11.1 Å². The van der Waals surface area contributed by atoms with E-state index in [0.29, 0.717) is 17.2 Å². The second-order valence-electron chi connectivity index (χ2n) is 9.54. The van der Waals surface area contributed by atoms with E-state index in [1.54, 1.807) is 12.1 Å². The van der Waals surface area contributed by atoms with Gasteiger partial charge in [-0.1, -0.05) is 37.3 Å². The Labute approximate surface area is 191 Å². The number of carbonyl (C=O) groups is 1. The molecular weight excluding hydrogens is 420 g/mol. The molecule has 2 aromatic carbocycles. The predicted octanol–water partition coefficient (Wildman–Crippen LogP) is 4.49. The quantitative estimate of drug-likeness (QED) is 0.646. The lowest BCUT2D eigenvalue weighted by Gasteiger charge is -2.52. The summed E-state index contributed by atoms with van der Waals surface area (Å²) in [6.45, 7) is 6.77. The van der Waals surface area contributed by atoms with Crippen LogP contribution in [0.15, 0.2) is 47.4 Å². The number of hydrogen-bond donors (Lipinski definition) is 2. The molecule has 172 valence electrons. The molecule has 1 aliphatic carbocycles. The second-order valence-corrected chi connectivity index (χ2v) is 11.7. The molecule has 1 saturated carbocycles. The summed E-state index contributed by atoms with van der Waals surface area (Å²) in [7, 11) is -3.27. The average Bonchev–Trinajstić information content (AvgIpc) is 2.78. The summed E-state index contributed by atoms with van der Waals surface area (Å²) < 4.78 is 25.0. The minimum Gasteiger partial charge on any atom is -0.343 e. The number of piperidine rings is 2. The number of hydrogen-bond acceptors (Lipinski definition) is 4. The predicted molar refractivity (Wildman–Crippen MR) is 128 cm³/mol. The van der Waals surface area contributed by atoms with E-state index in [1.165, 1.54) is 0 Å². The molecule has 6 heteroatoms. The van der Waals surface area contributed by atoms with Gasteiger partial charge in [-0.25, -0.2) is 8.42 Å². The SMILES string of the molecule is CCCS(=O)(=O)c1ccc(C(NC(=O)c2c(C)cccc2C)C23CCC(CC2)CN3)cc1. The topological polar surface area (TPSA) is 75.3 Å². The standard InChI is InChI=1S/C26H34N2O3S/c1-4-16-32(30,31)22-10-8-21(9-11-22)24(26-14-12-20(13-15-26)17-27-26)28-25(29)23-18(2)6-5-7-19(23)3/h5-11,20,24,27H,4,12-17H2,1-3H3,(H,28,29). The van der Waals surface area contributed by atoms with Crippen molar-refractivity contribution in [1.82, 2.24) is 10.6 Å². The van der Waals surface area contributed by atoms with Gasteiger partial charge in [-0.05, 0) is 87.2 Å². The number of sulfone groups is 1. The maximum Gasteiger partial charge on any atom is 0.252 e. The van der Waals surface area contributed by atoms with Crippen LogP contribution in [0.25, 0.3) is 0 Å². The highest BCUT2D eigenvalue weighted by Gasteiger charge is 2.47. The minimum absolute atomic E-state index is 0.0721. The summed E-state index contributed by atoms with van der Waals surface area (Å²) in [5, 5.41) is 7.10. The van der Waals surface area contributed by atoms with Gasteiger partial charge >= 0.3 is 0 Å². The third-order valence-electron chi connectivity index (χ3n) is 7.32. The fraction of sp³-hybridized carbons (Fsp3) is 0.500. The zero-order valence-electron chi connectivity index (χ0n) is 19.3. The first-order valence-electron chi connectivity index (χ1n) is 11.7. The molecule has 0 radical (unpaired) electrons. The van der Waals surface area contributed by atoms with Crippen LogP contribution in [0.5, 0.6) is 0 Å². The Hall–Kier alpha value is -2.18. The van der Waals surface area contributed by atoms with E-state index >= 15 is 0 Å². The van der Waals surface area contributed by atoms with Gasteiger partial charge in [0.2, 0.25) is 0 Å². The summed E-state index contributed by atoms with van der Waals surface area (Å²) in [4.78, 5) is 13.8. The van der Waals surface area contributed by atoms with E-state index < -0.39 is 9.84 Å². The Kier molecular flexibility index (Phi) is 6.46. The molecule has 3 fully saturated rings. The van der Waals surface area contributed by atoms with Gasteiger partial charge in [-0.3, -0.25) is 4.79 Å². The van der Waals surface area contributed by atoms with Crippen LogP contribution in [-0.4, -0.2) is 32.2 Å². The number of rotatable bonds is 7. The number of benzene rings is 2. The first-order chi connectivity index (χ1) is 15.3. The van der Waals surface area contributed by atoms with Gasteiger partial charge in [0.15, 0.2) is 9.84 Å². The van der Waals surface area contributed by atoms with Crippen LogP contribution in [0.4, 0.5) is 0 Å². The number of aryl methyl sites for hydroxylation is 2. The monoisotopic (exact) mass is 454 g/mol. The van der Waals surface area contributed by atoms with Crippen LogP contribution >= 0.6 is 0 Å². The zero-order chi connectivity index (χ0) is 22.9. The Morgan fingerprint density at radius 2 is 1.72 bits per heavy atom. The summed E-state index contributed by atoms with van der Waals surface area (Å²) in [6.07, 6.45) is 4.92. The number of amides is 1. The Morgan fingerprint density at radius 1 is 1.09 bits per heavy atom. The van der Waals surface area contributed by atoms with Gasteiger partial charge in [-0.2, -0.15) is 0 Å². The normalized spacial score (nSPS) is 23.7. The third kappa shape index (κ3) is 4.35. The molecule has 32 heavy (non-hydrogen) atoms. The van der Waals surface area contributed by atoms with Crippen LogP contribution in [0.1, 0.15) is 72.1 Å². The van der Waals surface area contributed by atoms with Crippen molar-refractivity contribution in [1.29, 1.82) is 0 Å². The fourth-order valence-electron chi connectivity index (χ4n) is 5.48. The molecule has 2 aromatic rings. The molecule has 5 rings (SSSR count). The highest BCUT2D eigenvalue weighted by atomic mass is 32.2. The lowest BCUT2D eigenvalue weighted by molar-refractivity contribution is 0.0675. The van der Waals surface area contributed by atoms with E-state index in [2.05, 4.69) is 10.6 Å². The van der Waals surface area contributed by atoms with E-state index in [0.717, 1.165) is 54.5 Å². The van der Waals surface area contributed by atoms with Crippen molar-refractivity contribution >= 4 is 15.7 Å². The molecule has 3 aliphatic rings. The van der Waals surface area contributed by atoms with E-state index in [1.807, 2.05) is 51.1 Å². The van der Waals surface area contributed by atoms with Crippen molar-refractivity contribution in [3.63, 3.8) is 0 Å². The lowest BCUT2D eigenvalue weighted by Crippen LogP contribution is -2.62. The summed E-state index contributed by atoms with van der Waals surface area (Å²) in [6, 6.07) is 12.8. The highest BCUT2D eigenvalue weighted by Crippen LogP contribution is 2.44. The second kappa shape index (κ2) is 8.99. The third-order valence-corrected chi connectivity index (χ3v) is 9.26. The fourth-order valence-corrected chi connectivity index (χ4v) is 6.81. The van der Waals surface area contributed by atoms with Crippen molar-refractivity contribution in [2.45, 2.75) is 69.4 Å². The minimum atomic E-state index is -3.27. The number of nitrogens with one attached hydrogen (secondary N) is 2. The highest BCUT2D eigenvalue weighted by molar-refractivity contribution is 7.91. The van der Waals surface area contributed by atoms with Gasteiger partial charge in [-0.15, -0.1) is 0 Å². The van der Waals surface area contributed by atoms with Crippen molar-refractivity contribution in [3.05, 3.63) is 64.7 Å². The van der Waals surface area contributed by atoms with E-state index in [-0.39, 0.29) is 23.2 Å². The summed E-state index contributed by atoms with van der Waals surface area (Å²) >= 11 is 0. The van der Waals surface area contributed by atoms with Gasteiger partial charge < -0.3 is 10.6 Å². The average molecular weight is 455 g/mol. The van der Waals surface area contributed by atoms with E-state index in [4.69, 9.17) is 0 Å². The number of carbonyl (C=O) groups excluding carboxylic acids is 1. The van der Waals surface area contributed by atoms with Crippen LogP contribution in [0.3, 0.4) is 0 Å². The molecule has 2 aliphatic heterocycles. The maximum absolute atomic E-state index is 13.5. The molecule has 2 bridgehead atoms. The molecule has 5 nitrogen and oxygen atoms in total. The summed E-state index contributed by atoms with van der Waals surface area (Å²) in [5.74, 6) is 0.789. The van der Waals surface area contributed by atoms with Gasteiger partial charge in [0.25, 0.3) is 5.91 Å². The molecule has 2 heterocycles. The molecule has 1 amide bonds. The molecule has 1 atom stereocenters. The van der Waals surface area contributed by atoms with Crippen molar-refractivity contribution in [2.24, 2.45) is 5.92 Å². The zero-order valence-corrected chi connectivity index (χ0v) is 20.1. The molecular formula is C26H34N2O3S. The smallest absolute Gasteiger partial charge is 0.252 e. The molecule has 0 spiro atoms. The van der Waals surface area contributed by atoms with Crippen LogP contribution in [0.2, 0.25) is 0 Å².